The maximum absolute atomic E-state index is 8.30. The first-order valence-corrected chi connectivity index (χ1v) is 2.14. The van der Waals surface area contributed by atoms with Gasteiger partial charge in [-0.05, 0) is 0 Å². The molecule has 0 aliphatic rings. The Morgan fingerprint density at radius 3 is 2.43 bits per heavy atom. The predicted octanol–water partition coefficient (Wildman–Crippen LogP) is -0.608. The van der Waals surface area contributed by atoms with Crippen LogP contribution >= 0.6 is 9.47 Å². The van der Waals surface area contributed by atoms with E-state index in [9.17, 15) is 0 Å². The molecule has 4 nitrogen and oxygen atoms in total. The van der Waals surface area contributed by atoms with E-state index in [4.69, 9.17) is 10.3 Å². The predicted molar refractivity (Wildman–Crippen MR) is 26.4 cm³/mol. The van der Waals surface area contributed by atoms with Crippen LogP contribution in [0.25, 0.3) is 0 Å². The molecule has 44 valence electrons. The molecule has 5 heteroatoms. The lowest BCUT2D eigenvalue weighted by Crippen LogP contribution is -2.20. The first-order valence-electron chi connectivity index (χ1n) is 1.67. The first kappa shape index (κ1) is 7.27. The third-order valence-electron chi connectivity index (χ3n) is 0.387. The summed E-state index contributed by atoms with van der Waals surface area (Å²) in [5, 5.41) is 17.0. The molecule has 0 aliphatic heterocycles. The molecule has 0 fully saturated rings. The van der Waals surface area contributed by atoms with Gasteiger partial charge in [0.2, 0.25) is 0 Å². The fraction of sp³-hybridized carbons (Fsp3) is 1.00. The molecule has 1 atom stereocenters. The van der Waals surface area contributed by atoms with Crippen LogP contribution in [0.4, 0.5) is 0 Å². The van der Waals surface area contributed by atoms with E-state index in [2.05, 4.69) is 4.52 Å². The highest BCUT2D eigenvalue weighted by Gasteiger charge is 1.90. The highest BCUT2D eigenvalue weighted by Crippen LogP contribution is 1.85. The molecule has 0 rings (SSSR count). The molecule has 0 bridgehead atoms. The van der Waals surface area contributed by atoms with Crippen LogP contribution in [0.3, 0.4) is 0 Å². The van der Waals surface area contributed by atoms with Crippen molar-refractivity contribution in [2.75, 3.05) is 13.5 Å². The van der Waals surface area contributed by atoms with E-state index in [1.807, 2.05) is 9.47 Å². The van der Waals surface area contributed by atoms with Gasteiger partial charge in [-0.1, -0.05) is 0 Å². The Hall–Kier alpha value is 0.270. The fourth-order valence-corrected chi connectivity index (χ4v) is 0.299. The van der Waals surface area contributed by atoms with Crippen LogP contribution in [-0.4, -0.2) is 28.8 Å². The van der Waals surface area contributed by atoms with Gasteiger partial charge in [0.15, 0.2) is 0 Å². The molecule has 0 spiro atoms. The number of aliphatic hydroxyl groups is 1. The maximum atomic E-state index is 8.30. The van der Waals surface area contributed by atoms with Crippen molar-refractivity contribution in [2.45, 2.75) is 0 Å². The van der Waals surface area contributed by atoms with Crippen molar-refractivity contribution in [3.63, 3.8) is 0 Å². The minimum absolute atomic E-state index is 0.00116. The molecule has 0 saturated carbocycles. The molecule has 0 amide bonds. The number of rotatable bonds is 3. The summed E-state index contributed by atoms with van der Waals surface area (Å²) in [5.41, 5.74) is 0. The van der Waals surface area contributed by atoms with Gasteiger partial charge in [0.25, 0.3) is 0 Å². The smallest absolute Gasteiger partial charge is 0.128 e. The van der Waals surface area contributed by atoms with E-state index in [1.54, 1.807) is 0 Å². The molecule has 0 saturated heterocycles. The Balaban J connectivity index is 2.83. The standard InChI is InChI=1S/C2H8NO3P/c4-1-3(5)2-6-7/h4-5H,1-2,7H2. The summed E-state index contributed by atoms with van der Waals surface area (Å²) in [4.78, 5) is 0. The molecule has 1 unspecified atom stereocenters. The summed E-state index contributed by atoms with van der Waals surface area (Å²) in [6.07, 6.45) is 0. The third-order valence-corrected chi connectivity index (χ3v) is 0.536. The zero-order valence-corrected chi connectivity index (χ0v) is 4.90. The van der Waals surface area contributed by atoms with E-state index in [0.717, 1.165) is 0 Å². The van der Waals surface area contributed by atoms with E-state index >= 15 is 0 Å². The monoisotopic (exact) mass is 125 g/mol. The van der Waals surface area contributed by atoms with Crippen molar-refractivity contribution in [2.24, 2.45) is 0 Å². The second-order valence-corrected chi connectivity index (χ2v) is 1.28. The first-order chi connectivity index (χ1) is 3.31. The summed E-state index contributed by atoms with van der Waals surface area (Å²) in [6.45, 7) is -0.407. The highest BCUT2D eigenvalue weighted by atomic mass is 31.0. The van der Waals surface area contributed by atoms with Gasteiger partial charge in [-0.2, -0.15) is 0 Å². The number of aliphatic hydroxyl groups excluding tert-OH is 1. The van der Waals surface area contributed by atoms with Crippen molar-refractivity contribution in [1.29, 1.82) is 0 Å². The van der Waals surface area contributed by atoms with Crippen LogP contribution in [0, 0.1) is 0 Å². The molecule has 2 N–H and O–H groups in total. The molecule has 7 heavy (non-hydrogen) atoms. The molecule has 0 aromatic carbocycles. The van der Waals surface area contributed by atoms with Crippen LogP contribution in [0.2, 0.25) is 0 Å². The normalized spacial score (nSPS) is 10.3. The maximum Gasteiger partial charge on any atom is 0.128 e. The molecule has 0 heterocycles. The van der Waals surface area contributed by atoms with Gasteiger partial charge >= 0.3 is 0 Å². The Morgan fingerprint density at radius 1 is 1.71 bits per heavy atom. The fourth-order valence-electron chi connectivity index (χ4n) is 0.127. The second kappa shape index (κ2) is 4.43. The summed E-state index contributed by atoms with van der Waals surface area (Å²) < 4.78 is 4.33. The Kier molecular flexibility index (Phi) is 4.60. The number of hydrogen-bond acceptors (Lipinski definition) is 4. The number of nitrogens with zero attached hydrogens (tertiary/aromatic N) is 1. The third kappa shape index (κ3) is 4.12. The molecule has 0 aromatic heterocycles. The zero-order chi connectivity index (χ0) is 5.70. The Bertz CT molecular complexity index is 43.9. The molecule has 0 aromatic rings. The van der Waals surface area contributed by atoms with Gasteiger partial charge in [-0.15, -0.1) is 5.06 Å². The van der Waals surface area contributed by atoms with Crippen molar-refractivity contribution < 1.29 is 14.8 Å². The minimum atomic E-state index is -0.408. The van der Waals surface area contributed by atoms with E-state index < -0.39 is 6.73 Å². The van der Waals surface area contributed by atoms with E-state index in [0.29, 0.717) is 5.06 Å². The average Bonchev–Trinajstić information content (AvgIpc) is 1.68. The quantitative estimate of drug-likeness (QED) is 0.300. The van der Waals surface area contributed by atoms with Gasteiger partial charge in [0.1, 0.15) is 13.5 Å². The van der Waals surface area contributed by atoms with Crippen LogP contribution in [0.5, 0.6) is 0 Å². The number of hydrogen-bond donors (Lipinski definition) is 2. The second-order valence-electron chi connectivity index (χ2n) is 0.944. The Morgan fingerprint density at radius 2 is 2.29 bits per heavy atom. The van der Waals surface area contributed by atoms with Crippen LogP contribution in [-0.2, 0) is 4.52 Å². The van der Waals surface area contributed by atoms with Crippen LogP contribution in [0.15, 0.2) is 0 Å². The minimum Gasteiger partial charge on any atom is -0.379 e. The zero-order valence-electron chi connectivity index (χ0n) is 3.74. The summed E-state index contributed by atoms with van der Waals surface area (Å²) in [5.74, 6) is 0. The summed E-state index contributed by atoms with van der Waals surface area (Å²) in [7, 11) is 1.94. The van der Waals surface area contributed by atoms with Crippen molar-refractivity contribution >= 4 is 9.47 Å². The van der Waals surface area contributed by atoms with Gasteiger partial charge in [-0.3, -0.25) is 0 Å². The lowest BCUT2D eigenvalue weighted by atomic mass is 11.1. The SMILES string of the molecule is OCN(O)COP. The molecule has 0 aliphatic carbocycles. The molecular formula is C2H8NO3P. The Labute approximate surface area is 43.9 Å². The largest absolute Gasteiger partial charge is 0.379 e. The van der Waals surface area contributed by atoms with Gasteiger partial charge in [-0.25, -0.2) is 0 Å². The van der Waals surface area contributed by atoms with E-state index in [-0.39, 0.29) is 6.73 Å². The molecule has 0 radical (unpaired) electrons. The van der Waals surface area contributed by atoms with Crippen LogP contribution < -0.4 is 0 Å². The average molecular weight is 125 g/mol. The summed E-state index contributed by atoms with van der Waals surface area (Å²) >= 11 is 0. The van der Waals surface area contributed by atoms with Crippen LogP contribution in [0.1, 0.15) is 0 Å². The van der Waals surface area contributed by atoms with Crippen molar-refractivity contribution in [3.8, 4) is 0 Å². The lowest BCUT2D eigenvalue weighted by molar-refractivity contribution is -0.174. The van der Waals surface area contributed by atoms with Gasteiger partial charge < -0.3 is 14.8 Å². The molecular weight excluding hydrogens is 117 g/mol. The van der Waals surface area contributed by atoms with Crippen molar-refractivity contribution in [3.05, 3.63) is 0 Å². The number of hydroxylamine groups is 2. The van der Waals surface area contributed by atoms with Crippen molar-refractivity contribution in [1.82, 2.24) is 5.06 Å². The van der Waals surface area contributed by atoms with E-state index in [1.165, 1.54) is 0 Å². The topological polar surface area (TPSA) is 52.9 Å². The highest BCUT2D eigenvalue weighted by molar-refractivity contribution is 7.09. The van der Waals surface area contributed by atoms with Gasteiger partial charge in [0.05, 0.1) is 0 Å². The summed E-state index contributed by atoms with van der Waals surface area (Å²) in [6, 6.07) is 0. The lowest BCUT2D eigenvalue weighted by Gasteiger charge is -2.06. The van der Waals surface area contributed by atoms with Gasteiger partial charge in [0, 0.05) is 9.47 Å².